The standard InChI is InChI=1S/C27H31F2N5O3/c1-6-8-11-32-16-22-26(30-32)21(13-25(35)31(22)5)33-15-20(7-2)34(14-17(33)3)18(4)19-9-10-23-24(12-19)37-27(28,29)36-23/h9-10,12-13,16-18,20H,7,11,14-15H2,1-5H3/t17-,18+,20+/m0/s1. The second-order valence-corrected chi connectivity index (χ2v) is 9.72. The number of anilines is 1. The highest BCUT2D eigenvalue weighted by molar-refractivity contribution is 5.88. The van der Waals surface area contributed by atoms with Crippen LogP contribution in [0.2, 0.25) is 0 Å². The lowest BCUT2D eigenvalue weighted by atomic mass is 9.98. The predicted octanol–water partition coefficient (Wildman–Crippen LogP) is 4.13. The number of alkyl halides is 2. The maximum Gasteiger partial charge on any atom is 0.586 e. The van der Waals surface area contributed by atoms with Crippen LogP contribution in [-0.2, 0) is 13.6 Å². The molecule has 196 valence electrons. The van der Waals surface area contributed by atoms with E-state index in [9.17, 15) is 13.6 Å². The lowest BCUT2D eigenvalue weighted by molar-refractivity contribution is -0.286. The van der Waals surface area contributed by atoms with E-state index in [0.29, 0.717) is 13.1 Å². The summed E-state index contributed by atoms with van der Waals surface area (Å²) in [5.41, 5.74) is 3.17. The number of nitrogens with zero attached hydrogens (tertiary/aromatic N) is 5. The number of hydrogen-bond acceptors (Lipinski definition) is 6. The third-order valence-corrected chi connectivity index (χ3v) is 7.42. The van der Waals surface area contributed by atoms with Gasteiger partial charge in [0.2, 0.25) is 0 Å². The molecule has 0 aliphatic carbocycles. The lowest BCUT2D eigenvalue weighted by Gasteiger charge is -2.48. The molecule has 4 heterocycles. The van der Waals surface area contributed by atoms with Crippen molar-refractivity contribution >= 4 is 16.7 Å². The predicted molar refractivity (Wildman–Crippen MR) is 137 cm³/mol. The van der Waals surface area contributed by atoms with E-state index >= 15 is 0 Å². The Hall–Kier alpha value is -3.58. The zero-order valence-corrected chi connectivity index (χ0v) is 21.7. The minimum atomic E-state index is -3.63. The number of halogens is 2. The van der Waals surface area contributed by atoms with Crippen molar-refractivity contribution in [3.05, 3.63) is 46.4 Å². The highest BCUT2D eigenvalue weighted by Crippen LogP contribution is 2.43. The maximum absolute atomic E-state index is 13.5. The smallest absolute Gasteiger partial charge is 0.395 e. The van der Waals surface area contributed by atoms with Gasteiger partial charge in [-0.3, -0.25) is 14.4 Å². The van der Waals surface area contributed by atoms with E-state index in [1.807, 2.05) is 12.3 Å². The highest BCUT2D eigenvalue weighted by atomic mass is 19.3. The first kappa shape index (κ1) is 25.1. The van der Waals surface area contributed by atoms with Crippen molar-refractivity contribution in [1.82, 2.24) is 19.2 Å². The molecule has 5 rings (SSSR count). The molecule has 0 saturated carbocycles. The summed E-state index contributed by atoms with van der Waals surface area (Å²) in [4.78, 5) is 17.5. The molecule has 0 bridgehead atoms. The van der Waals surface area contributed by atoms with Gasteiger partial charge in [-0.2, -0.15) is 5.10 Å². The van der Waals surface area contributed by atoms with Gasteiger partial charge in [0.25, 0.3) is 5.56 Å². The van der Waals surface area contributed by atoms with Gasteiger partial charge in [0.1, 0.15) is 12.1 Å². The Kier molecular flexibility index (Phi) is 6.36. The van der Waals surface area contributed by atoms with E-state index in [-0.39, 0.29) is 35.2 Å². The highest BCUT2D eigenvalue weighted by Gasteiger charge is 2.44. The molecule has 3 aromatic rings. The fourth-order valence-corrected chi connectivity index (χ4v) is 5.35. The number of pyridine rings is 1. The molecule has 0 spiro atoms. The summed E-state index contributed by atoms with van der Waals surface area (Å²) in [6, 6.07) is 6.89. The van der Waals surface area contributed by atoms with Crippen LogP contribution < -0.4 is 19.9 Å². The van der Waals surface area contributed by atoms with E-state index in [4.69, 9.17) is 5.10 Å². The van der Waals surface area contributed by atoms with Crippen molar-refractivity contribution in [2.24, 2.45) is 7.05 Å². The van der Waals surface area contributed by atoms with E-state index in [2.05, 4.69) is 51.9 Å². The fraction of sp³-hybridized carbons (Fsp3) is 0.481. The maximum atomic E-state index is 13.5. The monoisotopic (exact) mass is 511 g/mol. The molecule has 0 unspecified atom stereocenters. The van der Waals surface area contributed by atoms with Crippen molar-refractivity contribution in [2.45, 2.75) is 65.1 Å². The first-order chi connectivity index (χ1) is 17.6. The van der Waals surface area contributed by atoms with Crippen LogP contribution in [0.25, 0.3) is 11.0 Å². The van der Waals surface area contributed by atoms with Gasteiger partial charge in [0, 0.05) is 44.3 Å². The van der Waals surface area contributed by atoms with Crippen LogP contribution in [0.3, 0.4) is 0 Å². The van der Waals surface area contributed by atoms with Crippen LogP contribution in [0.1, 0.15) is 45.7 Å². The van der Waals surface area contributed by atoms with Gasteiger partial charge in [0.15, 0.2) is 11.5 Å². The van der Waals surface area contributed by atoms with Crippen LogP contribution in [0.5, 0.6) is 11.5 Å². The van der Waals surface area contributed by atoms with Crippen molar-refractivity contribution in [2.75, 3.05) is 18.0 Å². The Morgan fingerprint density at radius 2 is 1.97 bits per heavy atom. The first-order valence-corrected chi connectivity index (χ1v) is 12.5. The van der Waals surface area contributed by atoms with Crippen LogP contribution in [0.4, 0.5) is 14.5 Å². The number of aromatic nitrogens is 3. The Morgan fingerprint density at radius 1 is 1.22 bits per heavy atom. The molecule has 1 saturated heterocycles. The number of benzene rings is 1. The zero-order valence-electron chi connectivity index (χ0n) is 21.7. The van der Waals surface area contributed by atoms with Crippen molar-refractivity contribution in [3.8, 4) is 23.3 Å². The summed E-state index contributed by atoms with van der Waals surface area (Å²) < 4.78 is 39.7. The molecule has 1 aromatic carbocycles. The molecule has 1 fully saturated rings. The quantitative estimate of drug-likeness (QED) is 0.480. The molecule has 3 atom stereocenters. The normalized spacial score (nSPS) is 21.6. The minimum Gasteiger partial charge on any atom is -0.395 e. The molecule has 10 heteroatoms. The summed E-state index contributed by atoms with van der Waals surface area (Å²) in [5.74, 6) is 6.01. The molecule has 0 radical (unpaired) electrons. The average molecular weight is 512 g/mol. The molecular formula is C27H31F2N5O3. The van der Waals surface area contributed by atoms with Crippen molar-refractivity contribution in [1.29, 1.82) is 0 Å². The molecule has 2 aliphatic heterocycles. The Morgan fingerprint density at radius 3 is 2.70 bits per heavy atom. The summed E-state index contributed by atoms with van der Waals surface area (Å²) in [5, 5.41) is 4.77. The Balaban J connectivity index is 1.44. The Bertz CT molecular complexity index is 1450. The molecule has 2 aromatic heterocycles. The molecular weight excluding hydrogens is 480 g/mol. The van der Waals surface area contributed by atoms with Gasteiger partial charge < -0.3 is 18.9 Å². The van der Waals surface area contributed by atoms with Crippen LogP contribution in [-0.4, -0.2) is 50.7 Å². The number of aryl methyl sites for hydroxylation is 1. The number of hydrogen-bond donors (Lipinski definition) is 0. The zero-order chi connectivity index (χ0) is 26.5. The third kappa shape index (κ3) is 4.53. The number of ether oxygens (including phenoxy) is 2. The number of piperazine rings is 1. The third-order valence-electron chi connectivity index (χ3n) is 7.42. The average Bonchev–Trinajstić information content (AvgIpc) is 3.43. The van der Waals surface area contributed by atoms with Crippen molar-refractivity contribution in [3.63, 3.8) is 0 Å². The molecule has 37 heavy (non-hydrogen) atoms. The van der Waals surface area contributed by atoms with Crippen LogP contribution in [0, 0.1) is 11.8 Å². The summed E-state index contributed by atoms with van der Waals surface area (Å²) in [7, 11) is 1.76. The van der Waals surface area contributed by atoms with E-state index in [1.54, 1.807) is 41.4 Å². The SMILES string of the molecule is CC#CCn1cc2c(n1)c(N1C[C@@H](CC)N([C@H](C)c3ccc4c(c3)OC(F)(F)O4)C[C@@H]1C)cc(=O)n2C. The van der Waals surface area contributed by atoms with E-state index < -0.39 is 6.29 Å². The number of rotatable bonds is 5. The molecule has 8 nitrogen and oxygen atoms in total. The Labute approximate surface area is 214 Å². The number of fused-ring (bicyclic) bond motifs is 2. The van der Waals surface area contributed by atoms with Gasteiger partial charge >= 0.3 is 6.29 Å². The van der Waals surface area contributed by atoms with E-state index in [0.717, 1.165) is 35.2 Å². The van der Waals surface area contributed by atoms with Crippen molar-refractivity contribution < 1.29 is 18.3 Å². The lowest BCUT2D eigenvalue weighted by Crippen LogP contribution is -2.58. The first-order valence-electron chi connectivity index (χ1n) is 12.5. The summed E-state index contributed by atoms with van der Waals surface area (Å²) in [6.07, 6.45) is -0.886. The minimum absolute atomic E-state index is 0.0341. The second kappa shape index (κ2) is 9.38. The summed E-state index contributed by atoms with van der Waals surface area (Å²) >= 11 is 0. The van der Waals surface area contributed by atoms with Gasteiger partial charge in [-0.25, -0.2) is 0 Å². The topological polar surface area (TPSA) is 64.8 Å². The molecule has 0 N–H and O–H groups in total. The summed E-state index contributed by atoms with van der Waals surface area (Å²) in [6.45, 7) is 10.0. The van der Waals surface area contributed by atoms with Gasteiger partial charge in [-0.05, 0) is 44.9 Å². The van der Waals surface area contributed by atoms with Crippen LogP contribution in [0.15, 0.2) is 35.3 Å². The van der Waals surface area contributed by atoms with Gasteiger partial charge in [-0.15, -0.1) is 14.7 Å². The second-order valence-electron chi connectivity index (χ2n) is 9.72. The van der Waals surface area contributed by atoms with Gasteiger partial charge in [0.05, 0.1) is 17.4 Å². The molecule has 2 aliphatic rings. The van der Waals surface area contributed by atoms with E-state index in [1.165, 1.54) is 0 Å². The fourth-order valence-electron chi connectivity index (χ4n) is 5.35. The molecule has 0 amide bonds. The largest absolute Gasteiger partial charge is 0.586 e. The van der Waals surface area contributed by atoms with Crippen LogP contribution >= 0.6 is 0 Å². The van der Waals surface area contributed by atoms with Gasteiger partial charge in [-0.1, -0.05) is 18.9 Å².